The third kappa shape index (κ3) is 3.21. The number of aromatic nitrogens is 2. The molecular formula is C19H20N2O2. The predicted octanol–water partition coefficient (Wildman–Crippen LogP) is 4.54. The summed E-state index contributed by atoms with van der Waals surface area (Å²) in [4.78, 5) is 7.57. The molecule has 0 fully saturated rings. The molecule has 0 aliphatic rings. The van der Waals surface area contributed by atoms with Crippen LogP contribution >= 0.6 is 0 Å². The van der Waals surface area contributed by atoms with E-state index in [1.54, 1.807) is 13.3 Å². The molecule has 1 N–H and O–H groups in total. The number of nitrogens with zero attached hydrogens (tertiary/aromatic N) is 1. The minimum Gasteiger partial charge on any atom is -0.496 e. The van der Waals surface area contributed by atoms with E-state index in [2.05, 4.69) is 9.97 Å². The second-order valence-electron chi connectivity index (χ2n) is 5.51. The van der Waals surface area contributed by atoms with Gasteiger partial charge in [-0.3, -0.25) is 0 Å². The van der Waals surface area contributed by atoms with E-state index in [0.29, 0.717) is 0 Å². The Morgan fingerprint density at radius 3 is 2.52 bits per heavy atom. The molecule has 0 radical (unpaired) electrons. The highest BCUT2D eigenvalue weighted by Crippen LogP contribution is 2.38. The SMILES string of the molecule is COc1ccccc1-c1ccc(OC(C)C)cc1-c1ncc[nH]1. The van der Waals surface area contributed by atoms with Crippen LogP contribution in [-0.2, 0) is 0 Å². The van der Waals surface area contributed by atoms with Gasteiger partial charge < -0.3 is 14.5 Å². The molecule has 0 saturated heterocycles. The van der Waals surface area contributed by atoms with Gasteiger partial charge in [0.05, 0.1) is 13.2 Å². The van der Waals surface area contributed by atoms with E-state index >= 15 is 0 Å². The number of benzene rings is 2. The van der Waals surface area contributed by atoms with Crippen LogP contribution in [0, 0.1) is 0 Å². The highest BCUT2D eigenvalue weighted by Gasteiger charge is 2.14. The van der Waals surface area contributed by atoms with Crippen molar-refractivity contribution in [3.8, 4) is 34.0 Å². The molecule has 0 atom stereocenters. The van der Waals surface area contributed by atoms with Crippen molar-refractivity contribution in [3.63, 3.8) is 0 Å². The molecule has 0 unspecified atom stereocenters. The number of nitrogens with one attached hydrogen (secondary N) is 1. The quantitative estimate of drug-likeness (QED) is 0.752. The van der Waals surface area contributed by atoms with Crippen LogP contribution in [0.25, 0.3) is 22.5 Å². The standard InChI is InChI=1S/C19H20N2O2/c1-13(2)23-14-8-9-15(16-6-4-5-7-18(16)22-3)17(12-14)19-20-10-11-21-19/h4-13H,1-3H3,(H,20,21). The number of aromatic amines is 1. The Labute approximate surface area is 136 Å². The Balaban J connectivity index is 2.16. The molecule has 2 aromatic carbocycles. The minimum atomic E-state index is 0.122. The predicted molar refractivity (Wildman–Crippen MR) is 91.8 cm³/mol. The summed E-state index contributed by atoms with van der Waals surface area (Å²) in [6.45, 7) is 4.03. The fraction of sp³-hybridized carbons (Fsp3) is 0.211. The summed E-state index contributed by atoms with van der Waals surface area (Å²) in [6, 6.07) is 14.0. The van der Waals surface area contributed by atoms with Crippen molar-refractivity contribution in [1.82, 2.24) is 9.97 Å². The molecule has 1 aromatic heterocycles. The van der Waals surface area contributed by atoms with Gasteiger partial charge in [-0.05, 0) is 43.7 Å². The summed E-state index contributed by atoms with van der Waals surface area (Å²) in [5.41, 5.74) is 3.06. The Morgan fingerprint density at radius 1 is 1.00 bits per heavy atom. The van der Waals surface area contributed by atoms with E-state index in [4.69, 9.17) is 9.47 Å². The molecule has 1 heterocycles. The summed E-state index contributed by atoms with van der Waals surface area (Å²) >= 11 is 0. The summed E-state index contributed by atoms with van der Waals surface area (Å²) in [5.74, 6) is 2.46. The first-order chi connectivity index (χ1) is 11.2. The monoisotopic (exact) mass is 308 g/mol. The van der Waals surface area contributed by atoms with E-state index in [1.165, 1.54) is 0 Å². The lowest BCUT2D eigenvalue weighted by Crippen LogP contribution is -2.05. The van der Waals surface area contributed by atoms with Crippen molar-refractivity contribution in [2.75, 3.05) is 7.11 Å². The van der Waals surface area contributed by atoms with Crippen LogP contribution in [-0.4, -0.2) is 23.2 Å². The average Bonchev–Trinajstić information content (AvgIpc) is 3.08. The number of hydrogen-bond donors (Lipinski definition) is 1. The Morgan fingerprint density at radius 2 is 1.83 bits per heavy atom. The molecule has 0 saturated carbocycles. The number of para-hydroxylation sites is 1. The Hall–Kier alpha value is -2.75. The average molecular weight is 308 g/mol. The highest BCUT2D eigenvalue weighted by atomic mass is 16.5. The zero-order valence-electron chi connectivity index (χ0n) is 13.5. The largest absolute Gasteiger partial charge is 0.496 e. The van der Waals surface area contributed by atoms with E-state index in [-0.39, 0.29) is 6.10 Å². The maximum atomic E-state index is 5.83. The summed E-state index contributed by atoms with van der Waals surface area (Å²) in [5, 5.41) is 0. The molecular weight excluding hydrogens is 288 g/mol. The van der Waals surface area contributed by atoms with Crippen LogP contribution in [0.4, 0.5) is 0 Å². The molecule has 3 aromatic rings. The first-order valence-corrected chi connectivity index (χ1v) is 7.63. The van der Waals surface area contributed by atoms with Gasteiger partial charge in [-0.2, -0.15) is 0 Å². The lowest BCUT2D eigenvalue weighted by Gasteiger charge is -2.15. The molecule has 23 heavy (non-hydrogen) atoms. The second kappa shape index (κ2) is 6.57. The fourth-order valence-corrected chi connectivity index (χ4v) is 2.58. The van der Waals surface area contributed by atoms with Gasteiger partial charge in [-0.25, -0.2) is 4.98 Å². The zero-order valence-corrected chi connectivity index (χ0v) is 13.5. The summed E-state index contributed by atoms with van der Waals surface area (Å²) < 4.78 is 11.3. The molecule has 0 amide bonds. The summed E-state index contributed by atoms with van der Waals surface area (Å²) in [7, 11) is 1.68. The fourth-order valence-electron chi connectivity index (χ4n) is 2.58. The van der Waals surface area contributed by atoms with Gasteiger partial charge in [-0.1, -0.05) is 18.2 Å². The van der Waals surface area contributed by atoms with Crippen LogP contribution in [0.3, 0.4) is 0 Å². The lowest BCUT2D eigenvalue weighted by molar-refractivity contribution is 0.242. The van der Waals surface area contributed by atoms with E-state index < -0.39 is 0 Å². The smallest absolute Gasteiger partial charge is 0.138 e. The van der Waals surface area contributed by atoms with Gasteiger partial charge >= 0.3 is 0 Å². The van der Waals surface area contributed by atoms with Crippen LogP contribution in [0.15, 0.2) is 54.9 Å². The lowest BCUT2D eigenvalue weighted by atomic mass is 9.98. The van der Waals surface area contributed by atoms with Gasteiger partial charge in [0.1, 0.15) is 17.3 Å². The molecule has 0 spiro atoms. The van der Waals surface area contributed by atoms with Crippen molar-refractivity contribution in [2.24, 2.45) is 0 Å². The first-order valence-electron chi connectivity index (χ1n) is 7.63. The normalized spacial score (nSPS) is 10.8. The second-order valence-corrected chi connectivity index (χ2v) is 5.51. The molecule has 3 rings (SSSR count). The van der Waals surface area contributed by atoms with Gasteiger partial charge in [0.15, 0.2) is 0 Å². The Bertz CT molecular complexity index is 780. The molecule has 0 aliphatic carbocycles. The number of ether oxygens (including phenoxy) is 2. The van der Waals surface area contributed by atoms with Crippen molar-refractivity contribution in [1.29, 1.82) is 0 Å². The Kier molecular flexibility index (Phi) is 4.33. The van der Waals surface area contributed by atoms with Crippen LogP contribution in [0.1, 0.15) is 13.8 Å². The number of imidazole rings is 1. The summed E-state index contributed by atoms with van der Waals surface area (Å²) in [6.07, 6.45) is 3.69. The van der Waals surface area contributed by atoms with E-state index in [9.17, 15) is 0 Å². The zero-order chi connectivity index (χ0) is 16.2. The van der Waals surface area contributed by atoms with Crippen molar-refractivity contribution >= 4 is 0 Å². The van der Waals surface area contributed by atoms with Gasteiger partial charge in [0.25, 0.3) is 0 Å². The van der Waals surface area contributed by atoms with Gasteiger partial charge in [-0.15, -0.1) is 0 Å². The molecule has 0 aliphatic heterocycles. The number of rotatable bonds is 5. The molecule has 118 valence electrons. The molecule has 0 bridgehead atoms. The minimum absolute atomic E-state index is 0.122. The maximum Gasteiger partial charge on any atom is 0.138 e. The number of H-pyrrole nitrogens is 1. The van der Waals surface area contributed by atoms with Crippen LogP contribution in [0.2, 0.25) is 0 Å². The molecule has 4 heteroatoms. The molecule has 4 nitrogen and oxygen atoms in total. The van der Waals surface area contributed by atoms with Crippen LogP contribution in [0.5, 0.6) is 11.5 Å². The highest BCUT2D eigenvalue weighted by molar-refractivity contribution is 5.84. The third-order valence-electron chi connectivity index (χ3n) is 3.51. The van der Waals surface area contributed by atoms with Gasteiger partial charge in [0.2, 0.25) is 0 Å². The van der Waals surface area contributed by atoms with Gasteiger partial charge in [0, 0.05) is 23.5 Å². The number of methoxy groups -OCH3 is 1. The van der Waals surface area contributed by atoms with E-state index in [0.717, 1.165) is 34.0 Å². The third-order valence-corrected chi connectivity index (χ3v) is 3.51. The van der Waals surface area contributed by atoms with E-state index in [1.807, 2.05) is 62.5 Å². The van der Waals surface area contributed by atoms with Crippen LogP contribution < -0.4 is 9.47 Å². The topological polar surface area (TPSA) is 47.1 Å². The number of hydrogen-bond acceptors (Lipinski definition) is 3. The first kappa shape index (κ1) is 15.2. The van der Waals surface area contributed by atoms with Crippen molar-refractivity contribution < 1.29 is 9.47 Å². The van der Waals surface area contributed by atoms with Crippen molar-refractivity contribution in [2.45, 2.75) is 20.0 Å². The van der Waals surface area contributed by atoms with Crippen molar-refractivity contribution in [3.05, 3.63) is 54.9 Å². The maximum absolute atomic E-state index is 5.83.